The van der Waals surface area contributed by atoms with Gasteiger partial charge in [-0.3, -0.25) is 4.79 Å². The first-order chi connectivity index (χ1) is 10.2. The first kappa shape index (κ1) is 13.1. The summed E-state index contributed by atoms with van der Waals surface area (Å²) in [7, 11) is 1.32. The molecule has 0 saturated carbocycles. The summed E-state index contributed by atoms with van der Waals surface area (Å²) >= 11 is 0. The molecule has 0 radical (unpaired) electrons. The van der Waals surface area contributed by atoms with Gasteiger partial charge in [-0.1, -0.05) is 36.4 Å². The summed E-state index contributed by atoms with van der Waals surface area (Å²) < 4.78 is 4.77. The highest BCUT2D eigenvalue weighted by Gasteiger charge is 2.15. The predicted octanol–water partition coefficient (Wildman–Crippen LogP) is 2.98. The first-order valence-electron chi connectivity index (χ1n) is 6.50. The number of carbonyl (C=O) groups excluding carboxylic acids is 1. The predicted molar refractivity (Wildman–Crippen MR) is 81.3 cm³/mol. The molecule has 0 saturated heterocycles. The molecule has 0 fully saturated rings. The Balaban J connectivity index is 2.28. The van der Waals surface area contributed by atoms with E-state index in [4.69, 9.17) is 4.74 Å². The van der Waals surface area contributed by atoms with Crippen molar-refractivity contribution in [3.63, 3.8) is 0 Å². The smallest absolute Gasteiger partial charge is 0.338 e. The van der Waals surface area contributed by atoms with Crippen LogP contribution in [0.5, 0.6) is 0 Å². The number of methoxy groups -OCH3 is 1. The highest BCUT2D eigenvalue weighted by molar-refractivity contribution is 5.98. The lowest BCUT2D eigenvalue weighted by Gasteiger charge is -2.08. The zero-order valence-corrected chi connectivity index (χ0v) is 11.4. The van der Waals surface area contributed by atoms with E-state index in [2.05, 4.69) is 4.98 Å². The second-order valence-electron chi connectivity index (χ2n) is 4.64. The number of ether oxygens (including phenoxy) is 1. The van der Waals surface area contributed by atoms with Crippen LogP contribution in [0.15, 0.2) is 59.4 Å². The van der Waals surface area contributed by atoms with Crippen molar-refractivity contribution < 1.29 is 9.53 Å². The van der Waals surface area contributed by atoms with E-state index in [0.29, 0.717) is 16.7 Å². The molecule has 0 aliphatic carbocycles. The number of nitrogens with one attached hydrogen (secondary N) is 1. The number of hydrogen-bond donors (Lipinski definition) is 1. The van der Waals surface area contributed by atoms with Crippen molar-refractivity contribution in [2.24, 2.45) is 0 Å². The lowest BCUT2D eigenvalue weighted by Crippen LogP contribution is -2.12. The van der Waals surface area contributed by atoms with Crippen molar-refractivity contribution in [3.05, 3.63) is 70.5 Å². The Labute approximate surface area is 121 Å². The highest BCUT2D eigenvalue weighted by Crippen LogP contribution is 2.23. The van der Waals surface area contributed by atoms with E-state index >= 15 is 0 Å². The third-order valence-corrected chi connectivity index (χ3v) is 3.38. The van der Waals surface area contributed by atoms with Crippen molar-refractivity contribution in [1.82, 2.24) is 4.98 Å². The van der Waals surface area contributed by atoms with Gasteiger partial charge in [0, 0.05) is 16.6 Å². The SMILES string of the molecule is COC(=O)c1ccccc1-c1cc2ccccc2[nH]c1=O. The molecule has 104 valence electrons. The lowest BCUT2D eigenvalue weighted by atomic mass is 9.99. The maximum absolute atomic E-state index is 12.3. The van der Waals surface area contributed by atoms with Gasteiger partial charge in [0.25, 0.3) is 5.56 Å². The molecule has 0 unspecified atom stereocenters. The van der Waals surface area contributed by atoms with Gasteiger partial charge in [-0.2, -0.15) is 0 Å². The van der Waals surface area contributed by atoms with Crippen LogP contribution in [0.1, 0.15) is 10.4 Å². The number of fused-ring (bicyclic) bond motifs is 1. The molecule has 0 bridgehead atoms. The minimum absolute atomic E-state index is 0.231. The van der Waals surface area contributed by atoms with Crippen LogP contribution in [0.3, 0.4) is 0 Å². The second kappa shape index (κ2) is 5.25. The summed E-state index contributed by atoms with van der Waals surface area (Å²) in [6.07, 6.45) is 0. The van der Waals surface area contributed by atoms with Gasteiger partial charge in [-0.05, 0) is 23.6 Å². The number of carbonyl (C=O) groups is 1. The van der Waals surface area contributed by atoms with Gasteiger partial charge in [-0.25, -0.2) is 4.79 Å². The van der Waals surface area contributed by atoms with Crippen LogP contribution in [0.25, 0.3) is 22.0 Å². The number of hydrogen-bond acceptors (Lipinski definition) is 3. The zero-order valence-electron chi connectivity index (χ0n) is 11.4. The maximum Gasteiger partial charge on any atom is 0.338 e. The van der Waals surface area contributed by atoms with Gasteiger partial charge in [-0.15, -0.1) is 0 Å². The number of aromatic amines is 1. The molecule has 0 spiro atoms. The quantitative estimate of drug-likeness (QED) is 0.734. The fraction of sp³-hybridized carbons (Fsp3) is 0.0588. The Morgan fingerprint density at radius 2 is 1.71 bits per heavy atom. The van der Waals surface area contributed by atoms with Gasteiger partial charge in [0.2, 0.25) is 0 Å². The van der Waals surface area contributed by atoms with Crippen molar-refractivity contribution >= 4 is 16.9 Å². The van der Waals surface area contributed by atoms with Crippen molar-refractivity contribution in [2.75, 3.05) is 7.11 Å². The Morgan fingerprint density at radius 1 is 1.00 bits per heavy atom. The van der Waals surface area contributed by atoms with Gasteiger partial charge >= 0.3 is 5.97 Å². The molecule has 0 amide bonds. The van der Waals surface area contributed by atoms with Crippen molar-refractivity contribution in [2.45, 2.75) is 0 Å². The molecule has 1 N–H and O–H groups in total. The summed E-state index contributed by atoms with van der Waals surface area (Å²) in [5, 5.41) is 0.909. The molecule has 0 aliphatic heterocycles. The van der Waals surface area contributed by atoms with Crippen molar-refractivity contribution in [3.8, 4) is 11.1 Å². The topological polar surface area (TPSA) is 59.2 Å². The summed E-state index contributed by atoms with van der Waals surface area (Å²) in [5.74, 6) is -0.460. The van der Waals surface area contributed by atoms with Gasteiger partial charge in [0.05, 0.1) is 12.7 Å². The minimum atomic E-state index is -0.460. The van der Waals surface area contributed by atoms with Crippen LogP contribution in [0.4, 0.5) is 0 Å². The molecule has 1 heterocycles. The van der Waals surface area contributed by atoms with E-state index in [-0.39, 0.29) is 5.56 Å². The van der Waals surface area contributed by atoms with Crippen LogP contribution >= 0.6 is 0 Å². The molecular formula is C17H13NO3. The largest absolute Gasteiger partial charge is 0.465 e. The molecule has 2 aromatic carbocycles. The highest BCUT2D eigenvalue weighted by atomic mass is 16.5. The average Bonchev–Trinajstić information content (AvgIpc) is 2.53. The molecule has 3 rings (SSSR count). The van der Waals surface area contributed by atoms with Gasteiger partial charge in [0.15, 0.2) is 0 Å². The molecule has 4 nitrogen and oxygen atoms in total. The van der Waals surface area contributed by atoms with Crippen molar-refractivity contribution in [1.29, 1.82) is 0 Å². The number of pyridine rings is 1. The normalized spacial score (nSPS) is 10.5. The van der Waals surface area contributed by atoms with E-state index in [0.717, 1.165) is 10.9 Å². The van der Waals surface area contributed by atoms with E-state index < -0.39 is 5.97 Å². The fourth-order valence-corrected chi connectivity index (χ4v) is 2.35. The molecule has 4 heteroatoms. The zero-order chi connectivity index (χ0) is 14.8. The molecule has 0 aliphatic rings. The molecule has 3 aromatic rings. The van der Waals surface area contributed by atoms with Crippen LogP contribution < -0.4 is 5.56 Å². The Hall–Kier alpha value is -2.88. The van der Waals surface area contributed by atoms with Crippen LogP contribution in [0, 0.1) is 0 Å². The average molecular weight is 279 g/mol. The number of H-pyrrole nitrogens is 1. The molecule has 21 heavy (non-hydrogen) atoms. The van der Waals surface area contributed by atoms with E-state index in [9.17, 15) is 9.59 Å². The number of esters is 1. The van der Waals surface area contributed by atoms with Crippen LogP contribution in [-0.2, 0) is 4.74 Å². The van der Waals surface area contributed by atoms with Gasteiger partial charge < -0.3 is 9.72 Å². The van der Waals surface area contributed by atoms with E-state index in [1.54, 1.807) is 30.3 Å². The molecule has 0 atom stereocenters. The fourth-order valence-electron chi connectivity index (χ4n) is 2.35. The number of para-hydroxylation sites is 1. The van der Waals surface area contributed by atoms with Crippen LogP contribution in [-0.4, -0.2) is 18.1 Å². The van der Waals surface area contributed by atoms with E-state index in [1.807, 2.05) is 24.3 Å². The third-order valence-electron chi connectivity index (χ3n) is 3.38. The van der Waals surface area contributed by atoms with Crippen LogP contribution in [0.2, 0.25) is 0 Å². The Kier molecular flexibility index (Phi) is 3.28. The standard InChI is InChI=1S/C17H13NO3/c1-21-17(20)13-8-4-3-7-12(13)14-10-11-6-2-5-9-15(11)18-16(14)19/h2-10H,1H3,(H,18,19). The number of rotatable bonds is 2. The number of aromatic nitrogens is 1. The monoisotopic (exact) mass is 279 g/mol. The summed E-state index contributed by atoms with van der Waals surface area (Å²) in [4.78, 5) is 27.0. The maximum atomic E-state index is 12.3. The summed E-state index contributed by atoms with van der Waals surface area (Å²) in [5.41, 5.74) is 1.93. The second-order valence-corrected chi connectivity index (χ2v) is 4.64. The first-order valence-corrected chi connectivity index (χ1v) is 6.50. The Bertz CT molecular complexity index is 880. The number of benzene rings is 2. The third kappa shape index (κ3) is 2.31. The summed E-state index contributed by atoms with van der Waals surface area (Å²) in [6.45, 7) is 0. The van der Waals surface area contributed by atoms with Gasteiger partial charge in [0.1, 0.15) is 0 Å². The lowest BCUT2D eigenvalue weighted by molar-refractivity contribution is 0.0601. The molecular weight excluding hydrogens is 266 g/mol. The van der Waals surface area contributed by atoms with E-state index in [1.165, 1.54) is 7.11 Å². The molecule has 1 aromatic heterocycles. The Morgan fingerprint density at radius 3 is 2.52 bits per heavy atom. The minimum Gasteiger partial charge on any atom is -0.465 e. The summed E-state index contributed by atoms with van der Waals surface area (Å²) in [6, 6.07) is 16.2.